The molecule has 2 aliphatic rings. The van der Waals surface area contributed by atoms with E-state index in [4.69, 9.17) is 4.98 Å². The fourth-order valence-electron chi connectivity index (χ4n) is 4.33. The number of para-hydroxylation sites is 1. The standard InChI is InChI=1S/C22H23N3O3S2/c26-21-9-5-14-24(21)16-10-12-17(13-11-16)30(27,28)25-15-4-3-7-19(25)22-23-18-6-1-2-8-20(18)29-22/h1-2,6,8,10-13,19H,3-5,7,9,14-15H2/t19-/m0/s1. The lowest BCUT2D eigenvalue weighted by Gasteiger charge is -2.33. The molecule has 2 aromatic carbocycles. The number of piperidine rings is 1. The summed E-state index contributed by atoms with van der Waals surface area (Å²) >= 11 is 1.58. The van der Waals surface area contributed by atoms with Crippen LogP contribution in [0.1, 0.15) is 43.2 Å². The van der Waals surface area contributed by atoms with Gasteiger partial charge in [-0.15, -0.1) is 11.3 Å². The molecule has 0 saturated carbocycles. The molecule has 0 aliphatic carbocycles. The Kier molecular flexibility index (Phi) is 5.08. The van der Waals surface area contributed by atoms with Crippen LogP contribution in [0.25, 0.3) is 10.2 Å². The van der Waals surface area contributed by atoms with Gasteiger partial charge in [-0.3, -0.25) is 4.79 Å². The van der Waals surface area contributed by atoms with Crippen LogP contribution in [0.15, 0.2) is 53.4 Å². The number of benzene rings is 2. The average molecular weight is 442 g/mol. The third kappa shape index (κ3) is 3.42. The Bertz CT molecular complexity index is 1150. The maximum absolute atomic E-state index is 13.5. The number of amides is 1. The van der Waals surface area contributed by atoms with Crippen LogP contribution in [0.5, 0.6) is 0 Å². The number of hydrogen-bond donors (Lipinski definition) is 0. The highest BCUT2D eigenvalue weighted by Gasteiger charge is 2.36. The molecule has 156 valence electrons. The van der Waals surface area contributed by atoms with Gasteiger partial charge in [0.2, 0.25) is 15.9 Å². The number of rotatable bonds is 4. The molecule has 30 heavy (non-hydrogen) atoms. The van der Waals surface area contributed by atoms with Crippen molar-refractivity contribution in [1.29, 1.82) is 0 Å². The molecule has 2 aliphatic heterocycles. The molecule has 1 aromatic heterocycles. The maximum Gasteiger partial charge on any atom is 0.243 e. The van der Waals surface area contributed by atoms with E-state index in [9.17, 15) is 13.2 Å². The zero-order valence-corrected chi connectivity index (χ0v) is 18.2. The molecule has 6 nitrogen and oxygen atoms in total. The van der Waals surface area contributed by atoms with Crippen LogP contribution in [0.4, 0.5) is 5.69 Å². The van der Waals surface area contributed by atoms with E-state index < -0.39 is 10.0 Å². The average Bonchev–Trinajstić information content (AvgIpc) is 3.40. The van der Waals surface area contributed by atoms with Crippen molar-refractivity contribution in [3.63, 3.8) is 0 Å². The summed E-state index contributed by atoms with van der Waals surface area (Å²) < 4.78 is 29.7. The summed E-state index contributed by atoms with van der Waals surface area (Å²) in [5.74, 6) is 0.0949. The molecule has 2 fully saturated rings. The topological polar surface area (TPSA) is 70.6 Å². The number of thiazole rings is 1. The van der Waals surface area contributed by atoms with Crippen molar-refractivity contribution in [2.45, 2.75) is 43.0 Å². The second-order valence-corrected chi connectivity index (χ2v) is 10.7. The quantitative estimate of drug-likeness (QED) is 0.604. The Morgan fingerprint density at radius 1 is 0.967 bits per heavy atom. The number of aromatic nitrogens is 1. The number of hydrogen-bond acceptors (Lipinski definition) is 5. The zero-order valence-electron chi connectivity index (χ0n) is 16.5. The van der Waals surface area contributed by atoms with Gasteiger partial charge in [-0.2, -0.15) is 4.31 Å². The molecule has 0 bridgehead atoms. The van der Waals surface area contributed by atoms with Crippen LogP contribution in [-0.4, -0.2) is 36.7 Å². The van der Waals surface area contributed by atoms with E-state index >= 15 is 0 Å². The molecule has 0 N–H and O–H groups in total. The zero-order chi connectivity index (χ0) is 20.7. The molecule has 3 heterocycles. The third-order valence-electron chi connectivity index (χ3n) is 5.88. The molecular weight excluding hydrogens is 418 g/mol. The van der Waals surface area contributed by atoms with Gasteiger partial charge < -0.3 is 4.90 Å². The van der Waals surface area contributed by atoms with E-state index in [1.807, 2.05) is 24.3 Å². The van der Waals surface area contributed by atoms with Crippen LogP contribution < -0.4 is 4.90 Å². The molecule has 5 rings (SSSR count). The summed E-state index contributed by atoms with van der Waals surface area (Å²) in [6.45, 7) is 1.19. The van der Waals surface area contributed by atoms with E-state index in [0.29, 0.717) is 19.5 Å². The first-order valence-electron chi connectivity index (χ1n) is 10.3. The van der Waals surface area contributed by atoms with Gasteiger partial charge in [-0.05, 0) is 55.7 Å². The summed E-state index contributed by atoms with van der Waals surface area (Å²) in [5.41, 5.74) is 1.68. The highest BCUT2D eigenvalue weighted by molar-refractivity contribution is 7.89. The number of carbonyl (C=O) groups excluding carboxylic acids is 1. The van der Waals surface area contributed by atoms with Crippen LogP contribution in [0.2, 0.25) is 0 Å². The minimum absolute atomic E-state index is 0.0949. The van der Waals surface area contributed by atoms with Crippen LogP contribution in [0, 0.1) is 0 Å². The predicted molar refractivity (Wildman–Crippen MR) is 118 cm³/mol. The summed E-state index contributed by atoms with van der Waals surface area (Å²) in [5, 5.41) is 0.860. The number of fused-ring (bicyclic) bond motifs is 1. The molecule has 8 heteroatoms. The lowest BCUT2D eigenvalue weighted by atomic mass is 10.1. The minimum atomic E-state index is -3.65. The molecule has 1 atom stereocenters. The first kappa shape index (κ1) is 19.7. The van der Waals surface area contributed by atoms with E-state index in [-0.39, 0.29) is 16.8 Å². The lowest BCUT2D eigenvalue weighted by molar-refractivity contribution is -0.117. The first-order valence-corrected chi connectivity index (χ1v) is 12.6. The Hall–Kier alpha value is -2.29. The van der Waals surface area contributed by atoms with E-state index in [2.05, 4.69) is 0 Å². The van der Waals surface area contributed by atoms with Gasteiger partial charge in [-0.25, -0.2) is 13.4 Å². The molecule has 1 amide bonds. The SMILES string of the molecule is O=C1CCCN1c1ccc(S(=O)(=O)N2CCCC[C@H]2c2nc3ccccc3s2)cc1. The number of sulfonamides is 1. The smallest absolute Gasteiger partial charge is 0.243 e. The molecular formula is C22H23N3O3S2. The largest absolute Gasteiger partial charge is 0.312 e. The highest BCUT2D eigenvalue weighted by Crippen LogP contribution is 2.39. The van der Waals surface area contributed by atoms with Gasteiger partial charge in [-0.1, -0.05) is 18.6 Å². The van der Waals surface area contributed by atoms with Crippen molar-refractivity contribution in [2.75, 3.05) is 18.0 Å². The van der Waals surface area contributed by atoms with E-state index in [1.54, 1.807) is 44.8 Å². The second-order valence-electron chi connectivity index (χ2n) is 7.79. The Morgan fingerprint density at radius 2 is 1.77 bits per heavy atom. The van der Waals surface area contributed by atoms with Crippen molar-refractivity contribution in [1.82, 2.24) is 9.29 Å². The molecule has 0 unspecified atom stereocenters. The highest BCUT2D eigenvalue weighted by atomic mass is 32.2. The van der Waals surface area contributed by atoms with Crippen LogP contribution >= 0.6 is 11.3 Å². The van der Waals surface area contributed by atoms with Gasteiger partial charge >= 0.3 is 0 Å². The number of anilines is 1. The lowest BCUT2D eigenvalue weighted by Crippen LogP contribution is -2.38. The van der Waals surface area contributed by atoms with Gasteiger partial charge in [0.1, 0.15) is 5.01 Å². The van der Waals surface area contributed by atoms with Crippen molar-refractivity contribution in [3.05, 3.63) is 53.5 Å². The van der Waals surface area contributed by atoms with Crippen molar-refractivity contribution in [3.8, 4) is 0 Å². The van der Waals surface area contributed by atoms with Gasteiger partial charge in [0.05, 0.1) is 21.2 Å². The summed E-state index contributed by atoms with van der Waals surface area (Å²) in [7, 11) is -3.65. The summed E-state index contributed by atoms with van der Waals surface area (Å²) in [6.07, 6.45) is 4.01. The Labute approximate surface area is 180 Å². The van der Waals surface area contributed by atoms with Crippen molar-refractivity contribution in [2.24, 2.45) is 0 Å². The monoisotopic (exact) mass is 441 g/mol. The summed E-state index contributed by atoms with van der Waals surface area (Å²) in [6, 6.07) is 14.4. The van der Waals surface area contributed by atoms with Crippen LogP contribution in [0.3, 0.4) is 0 Å². The molecule has 3 aromatic rings. The Balaban J connectivity index is 1.46. The van der Waals surface area contributed by atoms with Crippen molar-refractivity contribution >= 4 is 43.2 Å². The van der Waals surface area contributed by atoms with Gasteiger partial charge in [0.15, 0.2) is 0 Å². The maximum atomic E-state index is 13.5. The van der Waals surface area contributed by atoms with Crippen molar-refractivity contribution < 1.29 is 13.2 Å². The fraction of sp³-hybridized carbons (Fsp3) is 0.364. The number of carbonyl (C=O) groups is 1. The second kappa shape index (κ2) is 7.76. The molecule has 0 spiro atoms. The molecule has 0 radical (unpaired) electrons. The predicted octanol–water partition coefficient (Wildman–Crippen LogP) is 4.34. The summed E-state index contributed by atoms with van der Waals surface area (Å²) in [4.78, 5) is 18.7. The van der Waals surface area contributed by atoms with E-state index in [0.717, 1.165) is 46.6 Å². The van der Waals surface area contributed by atoms with Gasteiger partial charge in [0, 0.05) is 25.2 Å². The van der Waals surface area contributed by atoms with E-state index in [1.165, 1.54) is 0 Å². The van der Waals surface area contributed by atoms with Gasteiger partial charge in [0.25, 0.3) is 0 Å². The Morgan fingerprint density at radius 3 is 2.50 bits per heavy atom. The third-order valence-corrected chi connectivity index (χ3v) is 8.94. The first-order chi connectivity index (χ1) is 14.5. The fourth-order valence-corrected chi connectivity index (χ4v) is 7.17. The normalized spacial score (nSPS) is 20.9. The molecule has 2 saturated heterocycles. The van der Waals surface area contributed by atoms with Crippen LogP contribution in [-0.2, 0) is 14.8 Å². The number of nitrogens with zero attached hydrogens (tertiary/aromatic N) is 3. The minimum Gasteiger partial charge on any atom is -0.312 e.